The van der Waals surface area contributed by atoms with E-state index in [1.165, 1.54) is 36.8 Å². The number of rotatable bonds is 17. The van der Waals surface area contributed by atoms with Crippen LogP contribution in [0.1, 0.15) is 13.3 Å². The first-order valence-corrected chi connectivity index (χ1v) is 17.2. The smallest absolute Gasteiger partial charge is 0.0724 e. The largest absolute Gasteiger partial charge is 0.392 e. The summed E-state index contributed by atoms with van der Waals surface area (Å²) in [6, 6.07) is 17.1. The fourth-order valence-electron chi connectivity index (χ4n) is 2.48. The lowest BCUT2D eigenvalue weighted by Gasteiger charge is -2.10. The van der Waals surface area contributed by atoms with Crippen LogP contribution < -0.4 is 0 Å². The third kappa shape index (κ3) is 12.8. The summed E-state index contributed by atoms with van der Waals surface area (Å²) in [6.07, 6.45) is 2.45. The van der Waals surface area contributed by atoms with Gasteiger partial charge in [-0.2, -0.15) is 35.3 Å². The molecule has 0 saturated carbocycles. The number of benzene rings is 2. The van der Waals surface area contributed by atoms with Gasteiger partial charge in [0.05, 0.1) is 12.2 Å². The monoisotopic (exact) mass is 546 g/mol. The van der Waals surface area contributed by atoms with Gasteiger partial charge in [0.25, 0.3) is 0 Å². The van der Waals surface area contributed by atoms with Gasteiger partial charge in [-0.3, -0.25) is 0 Å². The molecule has 2 N–H and O–H groups in total. The lowest BCUT2D eigenvalue weighted by Crippen LogP contribution is -2.13. The highest BCUT2D eigenvalue weighted by molar-refractivity contribution is 8.04. The Hall–Kier alpha value is 0.460. The van der Waals surface area contributed by atoms with Gasteiger partial charge in [0, 0.05) is 59.9 Å². The lowest BCUT2D eigenvalue weighted by molar-refractivity contribution is 0.195. The quantitative estimate of drug-likeness (QED) is 0.163. The summed E-state index contributed by atoms with van der Waals surface area (Å²) >= 11 is 10.9. The van der Waals surface area contributed by atoms with Crippen molar-refractivity contribution in [3.05, 3.63) is 48.5 Å². The van der Waals surface area contributed by atoms with Crippen LogP contribution in [0.3, 0.4) is 0 Å². The number of aliphatic hydroxyl groups excluding tert-OH is 2. The van der Waals surface area contributed by atoms with Crippen molar-refractivity contribution in [3.63, 3.8) is 0 Å². The van der Waals surface area contributed by atoms with Crippen molar-refractivity contribution in [3.8, 4) is 0 Å². The molecule has 0 aliphatic rings. The predicted molar refractivity (Wildman–Crippen MR) is 154 cm³/mol. The van der Waals surface area contributed by atoms with Crippen LogP contribution in [0.4, 0.5) is 0 Å². The summed E-state index contributed by atoms with van der Waals surface area (Å²) in [5.74, 6) is 7.04. The fraction of sp³-hybridized carbons (Fsp3) is 0.500. The Morgan fingerprint density at radius 3 is 1.62 bits per heavy atom. The van der Waals surface area contributed by atoms with Crippen LogP contribution in [0.25, 0.3) is 0 Å². The molecule has 0 amide bonds. The second-order valence-corrected chi connectivity index (χ2v) is 13.8. The van der Waals surface area contributed by atoms with Crippen molar-refractivity contribution in [1.29, 1.82) is 0 Å². The maximum atomic E-state index is 10.2. The van der Waals surface area contributed by atoms with E-state index in [9.17, 15) is 10.2 Å². The zero-order valence-electron chi connectivity index (χ0n) is 18.8. The van der Waals surface area contributed by atoms with E-state index in [-0.39, 0.29) is 12.2 Å². The molecule has 2 aromatic rings. The Morgan fingerprint density at radius 1 is 0.625 bits per heavy atom. The first-order chi connectivity index (χ1) is 15.6. The van der Waals surface area contributed by atoms with Crippen molar-refractivity contribution >= 4 is 70.6 Å². The Kier molecular flexibility index (Phi) is 16.0. The summed E-state index contributed by atoms with van der Waals surface area (Å²) in [5.41, 5.74) is 0. The Morgan fingerprint density at radius 2 is 1.09 bits per heavy atom. The second kappa shape index (κ2) is 17.8. The average molecular weight is 547 g/mol. The highest BCUT2D eigenvalue weighted by atomic mass is 32.2. The summed E-state index contributed by atoms with van der Waals surface area (Å²) in [6.45, 7) is 2.01. The standard InChI is InChI=1S/C24H34O2S6/c1-3-19(25)17-30-21-4-8-23(9-5-21)32-24-10-6-22(7-11-24)31-18-20(26)16-29-15-14-28-13-12-27-2/h4-11,19-20,25-26H,3,12-18H2,1-2H3. The molecule has 0 fully saturated rings. The molecule has 2 nitrogen and oxygen atoms in total. The maximum absolute atomic E-state index is 10.2. The van der Waals surface area contributed by atoms with Gasteiger partial charge >= 0.3 is 0 Å². The molecule has 178 valence electrons. The molecule has 0 radical (unpaired) electrons. The van der Waals surface area contributed by atoms with E-state index in [0.29, 0.717) is 0 Å². The topological polar surface area (TPSA) is 40.5 Å². The number of hydrogen-bond acceptors (Lipinski definition) is 8. The molecule has 8 heteroatoms. The predicted octanol–water partition coefficient (Wildman–Crippen LogP) is 6.98. The third-order valence-corrected chi connectivity index (χ3v) is 10.9. The van der Waals surface area contributed by atoms with Crippen LogP contribution >= 0.6 is 70.6 Å². The Bertz CT molecular complexity index is 726. The van der Waals surface area contributed by atoms with Crippen LogP contribution in [-0.4, -0.2) is 68.9 Å². The van der Waals surface area contributed by atoms with E-state index in [1.54, 1.807) is 35.3 Å². The molecule has 0 bridgehead atoms. The molecule has 0 aliphatic heterocycles. The molecular formula is C24H34O2S6. The molecule has 32 heavy (non-hydrogen) atoms. The van der Waals surface area contributed by atoms with Gasteiger partial charge in [0.2, 0.25) is 0 Å². The molecule has 0 aromatic heterocycles. The molecule has 2 atom stereocenters. The van der Waals surface area contributed by atoms with E-state index in [0.717, 1.165) is 29.4 Å². The van der Waals surface area contributed by atoms with Gasteiger partial charge in [0.15, 0.2) is 0 Å². The SMILES string of the molecule is CCC(O)CSc1ccc(Sc2ccc(SCC(O)CSCCSCCSC)cc2)cc1. The van der Waals surface area contributed by atoms with Crippen molar-refractivity contribution < 1.29 is 10.2 Å². The van der Waals surface area contributed by atoms with E-state index < -0.39 is 0 Å². The molecule has 0 spiro atoms. The van der Waals surface area contributed by atoms with Crippen molar-refractivity contribution in [2.75, 3.05) is 46.5 Å². The highest BCUT2D eigenvalue weighted by Gasteiger charge is 2.07. The zero-order chi connectivity index (χ0) is 23.0. The van der Waals surface area contributed by atoms with Crippen LogP contribution in [0.15, 0.2) is 68.1 Å². The van der Waals surface area contributed by atoms with Gasteiger partial charge in [-0.25, -0.2) is 0 Å². The Labute approximate surface area is 219 Å². The average Bonchev–Trinajstić information content (AvgIpc) is 2.82. The van der Waals surface area contributed by atoms with Crippen molar-refractivity contribution in [1.82, 2.24) is 0 Å². The van der Waals surface area contributed by atoms with E-state index in [1.807, 2.05) is 42.2 Å². The molecule has 2 aromatic carbocycles. The van der Waals surface area contributed by atoms with Crippen LogP contribution in [-0.2, 0) is 0 Å². The number of thioether (sulfide) groups is 5. The van der Waals surface area contributed by atoms with E-state index >= 15 is 0 Å². The number of hydrogen-bond donors (Lipinski definition) is 2. The minimum Gasteiger partial charge on any atom is -0.392 e. The van der Waals surface area contributed by atoms with Gasteiger partial charge in [-0.1, -0.05) is 18.7 Å². The van der Waals surface area contributed by atoms with E-state index in [4.69, 9.17) is 0 Å². The van der Waals surface area contributed by atoms with Crippen molar-refractivity contribution in [2.45, 2.75) is 45.1 Å². The minimum atomic E-state index is -0.259. The first kappa shape index (κ1) is 28.7. The molecular weight excluding hydrogens is 513 g/mol. The van der Waals surface area contributed by atoms with Crippen molar-refractivity contribution in [2.24, 2.45) is 0 Å². The fourth-order valence-corrected chi connectivity index (χ4v) is 8.06. The van der Waals surface area contributed by atoms with Crippen LogP contribution in [0, 0.1) is 0 Å². The van der Waals surface area contributed by atoms with E-state index in [2.05, 4.69) is 54.8 Å². The lowest BCUT2D eigenvalue weighted by atomic mass is 10.3. The summed E-state index contributed by atoms with van der Waals surface area (Å²) in [5, 5.41) is 19.9. The molecule has 0 heterocycles. The summed E-state index contributed by atoms with van der Waals surface area (Å²) < 4.78 is 0. The normalized spacial score (nSPS) is 13.2. The first-order valence-electron chi connectivity index (χ1n) is 10.7. The molecule has 2 unspecified atom stereocenters. The number of aliphatic hydroxyl groups is 2. The molecule has 0 aliphatic carbocycles. The summed E-state index contributed by atoms with van der Waals surface area (Å²) in [7, 11) is 0. The maximum Gasteiger partial charge on any atom is 0.0724 e. The van der Waals surface area contributed by atoms with Gasteiger partial charge in [-0.15, -0.1) is 23.5 Å². The van der Waals surface area contributed by atoms with Crippen LogP contribution in [0.5, 0.6) is 0 Å². The minimum absolute atomic E-state index is 0.232. The summed E-state index contributed by atoms with van der Waals surface area (Å²) in [4.78, 5) is 4.82. The molecule has 0 saturated heterocycles. The highest BCUT2D eigenvalue weighted by Crippen LogP contribution is 2.31. The third-order valence-electron chi connectivity index (χ3n) is 4.35. The zero-order valence-corrected chi connectivity index (χ0v) is 23.7. The van der Waals surface area contributed by atoms with Crippen LogP contribution in [0.2, 0.25) is 0 Å². The van der Waals surface area contributed by atoms with Gasteiger partial charge in [-0.05, 0) is 61.2 Å². The van der Waals surface area contributed by atoms with Gasteiger partial charge in [0.1, 0.15) is 0 Å². The van der Waals surface area contributed by atoms with Gasteiger partial charge < -0.3 is 10.2 Å². The molecule has 2 rings (SSSR count). The second-order valence-electron chi connectivity index (χ2n) is 7.06. The Balaban J connectivity index is 1.65.